The van der Waals surface area contributed by atoms with Crippen molar-refractivity contribution in [3.8, 4) is 0 Å². The van der Waals surface area contributed by atoms with Gasteiger partial charge in [-0.1, -0.05) is 6.07 Å². The van der Waals surface area contributed by atoms with Crippen molar-refractivity contribution in [2.75, 3.05) is 17.2 Å². The Kier molecular flexibility index (Phi) is 5.62. The van der Waals surface area contributed by atoms with Gasteiger partial charge in [0.2, 0.25) is 5.91 Å². The zero-order valence-electron chi connectivity index (χ0n) is 14.3. The fraction of sp³-hybridized carbons (Fsp3) is 0.333. The first-order valence-corrected chi connectivity index (χ1v) is 9.25. The van der Waals surface area contributed by atoms with E-state index in [1.54, 1.807) is 36.6 Å². The smallest absolute Gasteiger partial charge is 0.311 e. The number of carbonyl (C=O) groups is 3. The number of aromatic nitrogens is 1. The second-order valence-corrected chi connectivity index (χ2v) is 6.78. The molecule has 7 nitrogen and oxygen atoms in total. The average Bonchev–Trinajstić information content (AvgIpc) is 3.38. The van der Waals surface area contributed by atoms with Gasteiger partial charge >= 0.3 is 5.97 Å². The Hall–Kier alpha value is -2.74. The Morgan fingerprint density at radius 1 is 1.27 bits per heavy atom. The van der Waals surface area contributed by atoms with Gasteiger partial charge in [0.25, 0.3) is 5.91 Å². The van der Waals surface area contributed by atoms with Crippen LogP contribution in [-0.2, 0) is 20.7 Å². The number of amides is 2. The van der Waals surface area contributed by atoms with Crippen LogP contribution in [0.2, 0.25) is 0 Å². The number of carbonyl (C=O) groups excluding carboxylic acids is 3. The van der Waals surface area contributed by atoms with E-state index in [4.69, 9.17) is 4.74 Å². The highest BCUT2D eigenvalue weighted by molar-refractivity contribution is 7.14. The maximum absolute atomic E-state index is 12.4. The van der Waals surface area contributed by atoms with Gasteiger partial charge in [-0.15, -0.1) is 11.3 Å². The Morgan fingerprint density at radius 3 is 2.81 bits per heavy atom. The van der Waals surface area contributed by atoms with Crippen LogP contribution in [0.15, 0.2) is 29.6 Å². The number of hydrogen-bond donors (Lipinski definition) is 2. The second-order valence-electron chi connectivity index (χ2n) is 5.92. The number of nitrogens with zero attached hydrogens (tertiary/aromatic N) is 1. The summed E-state index contributed by atoms with van der Waals surface area (Å²) >= 11 is 1.24. The lowest BCUT2D eigenvalue weighted by atomic mass is 10.2. The van der Waals surface area contributed by atoms with Crippen molar-refractivity contribution in [2.24, 2.45) is 5.92 Å². The quantitative estimate of drug-likeness (QED) is 0.728. The van der Waals surface area contributed by atoms with E-state index in [9.17, 15) is 14.4 Å². The molecule has 1 fully saturated rings. The lowest BCUT2D eigenvalue weighted by molar-refractivity contribution is -0.142. The lowest BCUT2D eigenvalue weighted by Gasteiger charge is -2.07. The number of nitrogens with one attached hydrogen (secondary N) is 2. The van der Waals surface area contributed by atoms with Crippen LogP contribution in [0.3, 0.4) is 0 Å². The molecule has 136 valence electrons. The first kappa shape index (κ1) is 18.1. The monoisotopic (exact) mass is 373 g/mol. The highest BCUT2D eigenvalue weighted by Gasteiger charge is 2.29. The minimum absolute atomic E-state index is 0.00825. The van der Waals surface area contributed by atoms with Crippen molar-refractivity contribution in [1.29, 1.82) is 0 Å². The summed E-state index contributed by atoms with van der Waals surface area (Å²) in [5, 5.41) is 7.63. The molecule has 8 heteroatoms. The zero-order chi connectivity index (χ0) is 18.5. The number of anilines is 2. The van der Waals surface area contributed by atoms with Crippen molar-refractivity contribution < 1.29 is 19.1 Å². The van der Waals surface area contributed by atoms with E-state index in [0.29, 0.717) is 28.7 Å². The molecule has 2 amide bonds. The number of hydrogen-bond acceptors (Lipinski definition) is 6. The van der Waals surface area contributed by atoms with E-state index < -0.39 is 0 Å². The van der Waals surface area contributed by atoms with Crippen LogP contribution in [0.5, 0.6) is 0 Å². The Labute approximate surface area is 154 Å². The Morgan fingerprint density at radius 2 is 2.08 bits per heavy atom. The molecule has 1 aromatic carbocycles. The van der Waals surface area contributed by atoms with E-state index in [1.807, 2.05) is 0 Å². The summed E-state index contributed by atoms with van der Waals surface area (Å²) in [6, 6.07) is 6.75. The molecule has 0 unspecified atom stereocenters. The molecular formula is C18H19N3O4S. The van der Waals surface area contributed by atoms with Gasteiger partial charge in [-0.2, -0.15) is 0 Å². The standard InChI is InChI=1S/C18H19N3O4S/c1-2-25-15(22)9-14-10-26-18(20-14)21-17(24)12-4-3-5-13(8-12)19-16(23)11-6-7-11/h3-5,8,10-11H,2,6-7,9H2,1H3,(H,19,23)(H,20,21,24). The Balaban J connectivity index is 1.60. The van der Waals surface area contributed by atoms with Crippen LogP contribution in [0.4, 0.5) is 10.8 Å². The summed E-state index contributed by atoms with van der Waals surface area (Å²) in [4.78, 5) is 39.9. The summed E-state index contributed by atoms with van der Waals surface area (Å²) in [6.07, 6.45) is 1.91. The highest BCUT2D eigenvalue weighted by Crippen LogP contribution is 2.30. The van der Waals surface area contributed by atoms with Crippen LogP contribution in [0, 0.1) is 5.92 Å². The number of ether oxygens (including phenoxy) is 1. The molecule has 0 atom stereocenters. The minimum Gasteiger partial charge on any atom is -0.466 e. The summed E-state index contributed by atoms with van der Waals surface area (Å²) in [5.41, 5.74) is 1.56. The van der Waals surface area contributed by atoms with E-state index in [-0.39, 0.29) is 30.1 Å². The molecule has 0 saturated heterocycles. The average molecular weight is 373 g/mol. The molecule has 1 aliphatic rings. The van der Waals surface area contributed by atoms with Crippen LogP contribution in [0.1, 0.15) is 35.8 Å². The zero-order valence-corrected chi connectivity index (χ0v) is 15.1. The normalized spacial score (nSPS) is 13.1. The molecule has 3 rings (SSSR count). The molecule has 2 N–H and O–H groups in total. The van der Waals surface area contributed by atoms with E-state index in [2.05, 4.69) is 15.6 Å². The van der Waals surface area contributed by atoms with Gasteiger partial charge in [-0.25, -0.2) is 4.98 Å². The fourth-order valence-corrected chi connectivity index (χ4v) is 3.01. The summed E-state index contributed by atoms with van der Waals surface area (Å²) in [7, 11) is 0. The maximum atomic E-state index is 12.4. The van der Waals surface area contributed by atoms with Crippen molar-refractivity contribution in [3.63, 3.8) is 0 Å². The van der Waals surface area contributed by atoms with Gasteiger partial charge in [-0.05, 0) is 38.0 Å². The number of esters is 1. The molecule has 1 aliphatic carbocycles. The first-order chi connectivity index (χ1) is 12.5. The molecule has 0 radical (unpaired) electrons. The molecule has 1 heterocycles. The number of rotatable bonds is 7. The molecule has 2 aromatic rings. The van der Waals surface area contributed by atoms with E-state index in [1.165, 1.54) is 11.3 Å². The molecule has 26 heavy (non-hydrogen) atoms. The van der Waals surface area contributed by atoms with Crippen molar-refractivity contribution >= 4 is 39.9 Å². The van der Waals surface area contributed by atoms with Gasteiger partial charge in [0.15, 0.2) is 5.13 Å². The van der Waals surface area contributed by atoms with Crippen molar-refractivity contribution in [1.82, 2.24) is 4.98 Å². The third kappa shape index (κ3) is 4.89. The molecule has 1 saturated carbocycles. The Bertz CT molecular complexity index is 829. The third-order valence-corrected chi connectivity index (χ3v) is 4.55. The van der Waals surface area contributed by atoms with Gasteiger partial charge < -0.3 is 10.1 Å². The lowest BCUT2D eigenvalue weighted by Crippen LogP contribution is -2.15. The largest absolute Gasteiger partial charge is 0.466 e. The van der Waals surface area contributed by atoms with Crippen LogP contribution in [0.25, 0.3) is 0 Å². The van der Waals surface area contributed by atoms with Crippen LogP contribution in [-0.4, -0.2) is 29.4 Å². The number of thiazole rings is 1. The predicted octanol–water partition coefficient (Wildman–Crippen LogP) is 2.85. The van der Waals surface area contributed by atoms with Gasteiger partial charge in [-0.3, -0.25) is 19.7 Å². The molecule has 0 aliphatic heterocycles. The molecule has 1 aromatic heterocycles. The third-order valence-electron chi connectivity index (χ3n) is 3.74. The van der Waals surface area contributed by atoms with Crippen LogP contribution < -0.4 is 10.6 Å². The molecular weight excluding hydrogens is 354 g/mol. The van der Waals surface area contributed by atoms with Crippen molar-refractivity contribution in [2.45, 2.75) is 26.2 Å². The van der Waals surface area contributed by atoms with Crippen LogP contribution >= 0.6 is 11.3 Å². The van der Waals surface area contributed by atoms with Crippen molar-refractivity contribution in [3.05, 3.63) is 40.9 Å². The van der Waals surface area contributed by atoms with E-state index in [0.717, 1.165) is 12.8 Å². The molecule has 0 bridgehead atoms. The predicted molar refractivity (Wildman–Crippen MR) is 98.2 cm³/mol. The summed E-state index contributed by atoms with van der Waals surface area (Å²) in [6.45, 7) is 2.06. The summed E-state index contributed by atoms with van der Waals surface area (Å²) in [5.74, 6) is -0.592. The fourth-order valence-electron chi connectivity index (χ4n) is 2.30. The van der Waals surface area contributed by atoms with E-state index >= 15 is 0 Å². The first-order valence-electron chi connectivity index (χ1n) is 8.37. The second kappa shape index (κ2) is 8.09. The SMILES string of the molecule is CCOC(=O)Cc1csc(NC(=O)c2cccc(NC(=O)C3CC3)c2)n1. The topological polar surface area (TPSA) is 97.4 Å². The summed E-state index contributed by atoms with van der Waals surface area (Å²) < 4.78 is 4.88. The maximum Gasteiger partial charge on any atom is 0.311 e. The van der Waals surface area contributed by atoms with Gasteiger partial charge in [0.05, 0.1) is 18.7 Å². The highest BCUT2D eigenvalue weighted by atomic mass is 32.1. The van der Waals surface area contributed by atoms with Gasteiger partial charge in [0, 0.05) is 22.5 Å². The minimum atomic E-state index is -0.352. The van der Waals surface area contributed by atoms with Gasteiger partial charge in [0.1, 0.15) is 0 Å². The number of benzene rings is 1. The molecule has 0 spiro atoms.